The van der Waals surface area contributed by atoms with Crippen LogP contribution in [-0.4, -0.2) is 21.9 Å². The number of thiophene rings is 1. The van der Waals surface area contributed by atoms with E-state index in [1.165, 1.54) is 16.9 Å². The van der Waals surface area contributed by atoms with E-state index < -0.39 is 0 Å². The zero-order chi connectivity index (χ0) is 18.6. The molecule has 0 spiro atoms. The third-order valence-corrected chi connectivity index (χ3v) is 6.80. The molecule has 4 rings (SSSR count). The highest BCUT2D eigenvalue weighted by atomic mass is 32.2. The highest BCUT2D eigenvalue weighted by molar-refractivity contribution is 7.99. The minimum atomic E-state index is 0.0748. The van der Waals surface area contributed by atoms with Gasteiger partial charge in [0.05, 0.1) is 12.0 Å². The van der Waals surface area contributed by atoms with Crippen molar-refractivity contribution in [3.63, 3.8) is 0 Å². The molecule has 27 heavy (non-hydrogen) atoms. The second-order valence-electron chi connectivity index (χ2n) is 6.50. The lowest BCUT2D eigenvalue weighted by Crippen LogP contribution is -2.23. The zero-order valence-electron chi connectivity index (χ0n) is 15.1. The summed E-state index contributed by atoms with van der Waals surface area (Å²) in [6.07, 6.45) is 6.20. The Bertz CT molecular complexity index is 1010. The molecule has 1 aliphatic carbocycles. The number of hydrogen-bond donors (Lipinski definition) is 0. The van der Waals surface area contributed by atoms with Gasteiger partial charge in [0.15, 0.2) is 5.16 Å². The van der Waals surface area contributed by atoms with Gasteiger partial charge in [0.2, 0.25) is 0 Å². The lowest BCUT2D eigenvalue weighted by molar-refractivity contribution is 0.344. The molecule has 0 radical (unpaired) electrons. The van der Waals surface area contributed by atoms with Gasteiger partial charge < -0.3 is 4.74 Å². The maximum absolute atomic E-state index is 13.2. The second-order valence-corrected chi connectivity index (χ2v) is 8.65. The van der Waals surface area contributed by atoms with E-state index in [-0.39, 0.29) is 5.56 Å². The topological polar surface area (TPSA) is 44.1 Å². The summed E-state index contributed by atoms with van der Waals surface area (Å²) < 4.78 is 7.51. The molecule has 140 valence electrons. The van der Waals surface area contributed by atoms with Gasteiger partial charge in [-0.15, -0.1) is 17.9 Å². The molecule has 0 unspecified atom stereocenters. The average molecular weight is 399 g/mol. The van der Waals surface area contributed by atoms with Crippen molar-refractivity contribution in [2.24, 2.45) is 0 Å². The van der Waals surface area contributed by atoms with Crippen LogP contribution in [0.5, 0.6) is 5.75 Å². The number of fused-ring (bicyclic) bond motifs is 3. The number of allylic oxidation sites excluding steroid dienone is 1. The maximum Gasteiger partial charge on any atom is 0.263 e. The second kappa shape index (κ2) is 8.31. The molecule has 0 amide bonds. The molecule has 3 aromatic rings. The van der Waals surface area contributed by atoms with Gasteiger partial charge in [0, 0.05) is 17.2 Å². The summed E-state index contributed by atoms with van der Waals surface area (Å²) in [5, 5.41) is 1.59. The summed E-state index contributed by atoms with van der Waals surface area (Å²) in [6.45, 7) is 4.86. The van der Waals surface area contributed by atoms with Crippen molar-refractivity contribution in [2.75, 3.05) is 12.4 Å². The summed E-state index contributed by atoms with van der Waals surface area (Å²) in [7, 11) is 0. The van der Waals surface area contributed by atoms with Crippen LogP contribution >= 0.6 is 23.1 Å². The molecule has 0 N–H and O–H groups in total. The Morgan fingerprint density at radius 3 is 2.89 bits per heavy atom. The van der Waals surface area contributed by atoms with Crippen molar-refractivity contribution >= 4 is 33.3 Å². The predicted octanol–water partition coefficient (Wildman–Crippen LogP) is 4.69. The van der Waals surface area contributed by atoms with Gasteiger partial charge in [-0.05, 0) is 43.4 Å². The molecule has 2 aromatic heterocycles. The molecular formula is C21H22N2O2S2. The van der Waals surface area contributed by atoms with Crippen molar-refractivity contribution in [1.29, 1.82) is 0 Å². The van der Waals surface area contributed by atoms with Crippen LogP contribution in [-0.2, 0) is 19.4 Å². The molecule has 2 heterocycles. The summed E-state index contributed by atoms with van der Waals surface area (Å²) in [5.41, 5.74) is 1.31. The first-order valence-corrected chi connectivity index (χ1v) is 11.0. The number of aromatic nitrogens is 2. The van der Waals surface area contributed by atoms with Crippen molar-refractivity contribution in [2.45, 2.75) is 37.4 Å². The van der Waals surface area contributed by atoms with Crippen LogP contribution in [0.3, 0.4) is 0 Å². The van der Waals surface area contributed by atoms with Gasteiger partial charge in [-0.25, -0.2) is 4.98 Å². The molecule has 0 bridgehead atoms. The first kappa shape index (κ1) is 18.3. The minimum Gasteiger partial charge on any atom is -0.493 e. The molecule has 0 saturated heterocycles. The number of ether oxygens (including phenoxy) is 1. The summed E-state index contributed by atoms with van der Waals surface area (Å²) >= 11 is 3.26. The van der Waals surface area contributed by atoms with E-state index in [1.807, 2.05) is 30.3 Å². The number of para-hydroxylation sites is 1. The van der Waals surface area contributed by atoms with E-state index in [2.05, 4.69) is 6.58 Å². The monoisotopic (exact) mass is 398 g/mol. The standard InChI is InChI=1S/C21H22N2O2S2/c1-2-12-23-20(24)18-16-10-6-7-11-17(16)27-19(18)22-21(23)26-14-13-25-15-8-4-3-5-9-15/h2-5,8-9H,1,6-7,10-14H2. The normalized spacial score (nSPS) is 13.5. The van der Waals surface area contributed by atoms with Crippen LogP contribution in [0.2, 0.25) is 0 Å². The number of rotatable bonds is 7. The number of nitrogens with zero attached hydrogens (tertiary/aromatic N) is 2. The zero-order valence-corrected chi connectivity index (χ0v) is 16.8. The Kier molecular flexibility index (Phi) is 5.64. The fraction of sp³-hybridized carbons (Fsp3) is 0.333. The van der Waals surface area contributed by atoms with Gasteiger partial charge in [-0.1, -0.05) is 36.0 Å². The SMILES string of the molecule is C=CCn1c(SCCOc2ccccc2)nc2sc3c(c2c1=O)CCCC3. The van der Waals surface area contributed by atoms with Crippen LogP contribution in [0.4, 0.5) is 0 Å². The van der Waals surface area contributed by atoms with Crippen molar-refractivity contribution in [1.82, 2.24) is 9.55 Å². The van der Waals surface area contributed by atoms with Gasteiger partial charge in [0.1, 0.15) is 10.6 Å². The average Bonchev–Trinajstić information content (AvgIpc) is 3.07. The maximum atomic E-state index is 13.2. The third kappa shape index (κ3) is 3.82. The summed E-state index contributed by atoms with van der Waals surface area (Å²) in [6, 6.07) is 9.77. The van der Waals surface area contributed by atoms with E-state index >= 15 is 0 Å². The highest BCUT2D eigenvalue weighted by Gasteiger charge is 2.21. The fourth-order valence-electron chi connectivity index (χ4n) is 3.43. The first-order chi connectivity index (χ1) is 13.3. The third-order valence-electron chi connectivity index (χ3n) is 4.68. The molecule has 0 fully saturated rings. The van der Waals surface area contributed by atoms with E-state index in [1.54, 1.807) is 33.7 Å². The quantitative estimate of drug-likeness (QED) is 0.251. The van der Waals surface area contributed by atoms with Crippen LogP contribution in [0.15, 0.2) is 52.9 Å². The minimum absolute atomic E-state index is 0.0748. The Labute approximate surface area is 166 Å². The number of thioether (sulfide) groups is 1. The Morgan fingerprint density at radius 1 is 1.26 bits per heavy atom. The molecule has 0 atom stereocenters. The lowest BCUT2D eigenvalue weighted by atomic mass is 9.97. The van der Waals surface area contributed by atoms with E-state index in [0.717, 1.165) is 46.1 Å². The summed E-state index contributed by atoms with van der Waals surface area (Å²) in [5.74, 6) is 1.59. The Balaban J connectivity index is 1.58. The highest BCUT2D eigenvalue weighted by Crippen LogP contribution is 2.34. The van der Waals surface area contributed by atoms with Gasteiger partial charge in [0.25, 0.3) is 5.56 Å². The van der Waals surface area contributed by atoms with Crippen LogP contribution in [0.25, 0.3) is 10.2 Å². The van der Waals surface area contributed by atoms with Crippen LogP contribution in [0, 0.1) is 0 Å². The van der Waals surface area contributed by atoms with E-state index in [0.29, 0.717) is 13.2 Å². The first-order valence-electron chi connectivity index (χ1n) is 9.24. The van der Waals surface area contributed by atoms with Crippen molar-refractivity contribution < 1.29 is 4.74 Å². The van der Waals surface area contributed by atoms with Crippen molar-refractivity contribution in [3.05, 3.63) is 63.8 Å². The molecule has 0 aliphatic heterocycles. The number of aryl methyl sites for hydroxylation is 2. The molecule has 4 nitrogen and oxygen atoms in total. The molecule has 1 aromatic carbocycles. The Hall–Kier alpha value is -2.05. The van der Waals surface area contributed by atoms with E-state index in [9.17, 15) is 4.79 Å². The smallest absolute Gasteiger partial charge is 0.263 e. The molecule has 0 saturated carbocycles. The van der Waals surface area contributed by atoms with Crippen molar-refractivity contribution in [3.8, 4) is 5.75 Å². The molecule has 1 aliphatic rings. The van der Waals surface area contributed by atoms with Crippen LogP contribution < -0.4 is 10.3 Å². The fourth-order valence-corrected chi connectivity index (χ4v) is 5.56. The van der Waals surface area contributed by atoms with Gasteiger partial charge in [-0.3, -0.25) is 9.36 Å². The summed E-state index contributed by atoms with van der Waals surface area (Å²) in [4.78, 5) is 20.2. The Morgan fingerprint density at radius 2 is 2.07 bits per heavy atom. The van der Waals surface area contributed by atoms with Gasteiger partial charge >= 0.3 is 0 Å². The van der Waals surface area contributed by atoms with E-state index in [4.69, 9.17) is 9.72 Å². The largest absolute Gasteiger partial charge is 0.493 e. The predicted molar refractivity (Wildman–Crippen MR) is 113 cm³/mol. The number of hydrogen-bond acceptors (Lipinski definition) is 5. The van der Waals surface area contributed by atoms with Crippen LogP contribution in [0.1, 0.15) is 23.3 Å². The lowest BCUT2D eigenvalue weighted by Gasteiger charge is -2.12. The van der Waals surface area contributed by atoms with Gasteiger partial charge in [-0.2, -0.15) is 0 Å². The molecule has 6 heteroatoms. The molecular weight excluding hydrogens is 376 g/mol. The number of benzene rings is 1.